The third-order valence-electron chi connectivity index (χ3n) is 4.19. The fourth-order valence-electron chi connectivity index (χ4n) is 3.25. The van der Waals surface area contributed by atoms with Crippen LogP contribution in [0.5, 0.6) is 0 Å². The monoisotopic (exact) mass is 272 g/mol. The number of nitrogens with one attached hydrogen (secondary N) is 1. The zero-order valence-corrected chi connectivity index (χ0v) is 12.6. The Morgan fingerprint density at radius 3 is 2.90 bits per heavy atom. The first kappa shape index (κ1) is 13.7. The number of nitrogens with zero attached hydrogens (tertiary/aromatic N) is 1. The quantitative estimate of drug-likeness (QED) is 0.924. The predicted octanol–water partition coefficient (Wildman–Crippen LogP) is 3.32. The van der Waals surface area contributed by atoms with Gasteiger partial charge >= 0.3 is 0 Å². The highest BCUT2D eigenvalue weighted by atomic mass is 16.5. The van der Waals surface area contributed by atoms with Gasteiger partial charge < -0.3 is 14.6 Å². The van der Waals surface area contributed by atoms with E-state index in [9.17, 15) is 0 Å². The Morgan fingerprint density at radius 1 is 1.35 bits per heavy atom. The molecule has 1 fully saturated rings. The molecular formula is C17H24N2O. The molecule has 20 heavy (non-hydrogen) atoms. The van der Waals surface area contributed by atoms with E-state index in [0.717, 1.165) is 25.9 Å². The molecule has 3 rings (SSSR count). The summed E-state index contributed by atoms with van der Waals surface area (Å²) in [5.41, 5.74) is 2.74. The third kappa shape index (κ3) is 2.60. The zero-order chi connectivity index (χ0) is 14.2. The van der Waals surface area contributed by atoms with Crippen molar-refractivity contribution in [2.24, 2.45) is 0 Å². The van der Waals surface area contributed by atoms with E-state index in [-0.39, 0.29) is 5.60 Å². The van der Waals surface area contributed by atoms with Crippen LogP contribution in [0.25, 0.3) is 10.9 Å². The average Bonchev–Trinajstić information content (AvgIpc) is 2.95. The molecule has 108 valence electrons. The average molecular weight is 272 g/mol. The number of aromatic nitrogens is 1. The molecule has 3 heteroatoms. The molecule has 1 atom stereocenters. The minimum atomic E-state index is 0.0431. The van der Waals surface area contributed by atoms with Crippen molar-refractivity contribution in [2.45, 2.75) is 51.5 Å². The summed E-state index contributed by atoms with van der Waals surface area (Å²) >= 11 is 0. The van der Waals surface area contributed by atoms with Gasteiger partial charge in [0, 0.05) is 19.3 Å². The first-order chi connectivity index (χ1) is 9.59. The van der Waals surface area contributed by atoms with Gasteiger partial charge in [-0.15, -0.1) is 0 Å². The molecule has 2 heterocycles. The first-order valence-corrected chi connectivity index (χ1v) is 7.48. The Balaban J connectivity index is 1.88. The molecule has 1 unspecified atom stereocenters. The highest BCUT2D eigenvalue weighted by molar-refractivity contribution is 5.83. The number of benzene rings is 1. The summed E-state index contributed by atoms with van der Waals surface area (Å²) in [6.07, 6.45) is 4.84. The van der Waals surface area contributed by atoms with Crippen LogP contribution in [0.2, 0.25) is 0 Å². The van der Waals surface area contributed by atoms with Crippen LogP contribution < -0.4 is 5.32 Å². The summed E-state index contributed by atoms with van der Waals surface area (Å²) in [5.74, 6) is 0. The fraction of sp³-hybridized carbons (Fsp3) is 0.529. The van der Waals surface area contributed by atoms with E-state index in [1.54, 1.807) is 0 Å². The van der Waals surface area contributed by atoms with Crippen LogP contribution in [0.3, 0.4) is 0 Å². The Hall–Kier alpha value is -1.32. The van der Waals surface area contributed by atoms with Crippen LogP contribution in [-0.4, -0.2) is 23.3 Å². The Kier molecular flexibility index (Phi) is 3.57. The van der Waals surface area contributed by atoms with Crippen molar-refractivity contribution < 1.29 is 4.74 Å². The lowest BCUT2D eigenvalue weighted by Gasteiger charge is -2.20. The lowest BCUT2D eigenvalue weighted by molar-refractivity contribution is -0.0212. The summed E-state index contributed by atoms with van der Waals surface area (Å²) in [4.78, 5) is 0. The lowest BCUT2D eigenvalue weighted by Crippen LogP contribution is -2.23. The SMILES string of the molecule is CNCc1cccc2ccn(CC3CCC(C)(C)O3)c12. The van der Waals surface area contributed by atoms with Gasteiger partial charge in [0.05, 0.1) is 17.2 Å². The minimum absolute atomic E-state index is 0.0431. The van der Waals surface area contributed by atoms with Gasteiger partial charge in [0.15, 0.2) is 0 Å². The van der Waals surface area contributed by atoms with E-state index < -0.39 is 0 Å². The molecule has 0 saturated carbocycles. The van der Waals surface area contributed by atoms with Crippen molar-refractivity contribution in [2.75, 3.05) is 7.05 Å². The molecular weight excluding hydrogens is 248 g/mol. The van der Waals surface area contributed by atoms with Gasteiger partial charge in [-0.05, 0) is 50.8 Å². The van der Waals surface area contributed by atoms with Gasteiger partial charge in [0.2, 0.25) is 0 Å². The predicted molar refractivity (Wildman–Crippen MR) is 82.9 cm³/mol. The van der Waals surface area contributed by atoms with Crippen LogP contribution in [-0.2, 0) is 17.8 Å². The molecule has 0 spiro atoms. The molecule has 1 N–H and O–H groups in total. The Bertz CT molecular complexity index is 600. The fourth-order valence-corrected chi connectivity index (χ4v) is 3.25. The van der Waals surface area contributed by atoms with Crippen molar-refractivity contribution in [3.63, 3.8) is 0 Å². The molecule has 0 radical (unpaired) electrons. The minimum Gasteiger partial charge on any atom is -0.370 e. The van der Waals surface area contributed by atoms with Crippen molar-refractivity contribution in [3.8, 4) is 0 Å². The van der Waals surface area contributed by atoms with Crippen LogP contribution in [0.15, 0.2) is 30.5 Å². The summed E-state index contributed by atoms with van der Waals surface area (Å²) in [6, 6.07) is 8.72. The van der Waals surface area contributed by atoms with E-state index in [1.165, 1.54) is 16.5 Å². The van der Waals surface area contributed by atoms with Crippen molar-refractivity contribution in [1.29, 1.82) is 0 Å². The molecule has 0 bridgehead atoms. The molecule has 2 aromatic rings. The number of ether oxygens (including phenoxy) is 1. The second kappa shape index (κ2) is 5.23. The Labute approximate surface area is 120 Å². The lowest BCUT2D eigenvalue weighted by atomic mass is 10.1. The van der Waals surface area contributed by atoms with Crippen molar-refractivity contribution in [1.82, 2.24) is 9.88 Å². The maximum absolute atomic E-state index is 6.13. The highest BCUT2D eigenvalue weighted by Crippen LogP contribution is 2.31. The Morgan fingerprint density at radius 2 is 2.20 bits per heavy atom. The number of rotatable bonds is 4. The molecule has 1 saturated heterocycles. The van der Waals surface area contributed by atoms with Crippen LogP contribution >= 0.6 is 0 Å². The zero-order valence-electron chi connectivity index (χ0n) is 12.6. The van der Waals surface area contributed by atoms with E-state index >= 15 is 0 Å². The second-order valence-electron chi connectivity index (χ2n) is 6.39. The number of fused-ring (bicyclic) bond motifs is 1. The number of hydrogen-bond acceptors (Lipinski definition) is 2. The maximum Gasteiger partial charge on any atom is 0.0762 e. The standard InChI is InChI=1S/C17H24N2O/c1-17(2)9-7-15(20-17)12-19-10-8-13-5-4-6-14(11-18-3)16(13)19/h4-6,8,10,15,18H,7,9,11-12H2,1-3H3. The van der Waals surface area contributed by atoms with E-state index in [1.807, 2.05) is 7.05 Å². The normalized spacial score (nSPS) is 21.6. The second-order valence-corrected chi connectivity index (χ2v) is 6.39. The van der Waals surface area contributed by atoms with Gasteiger partial charge in [-0.3, -0.25) is 0 Å². The van der Waals surface area contributed by atoms with Crippen LogP contribution in [0.1, 0.15) is 32.3 Å². The summed E-state index contributed by atoms with van der Waals surface area (Å²) < 4.78 is 8.49. The molecule has 0 aliphatic carbocycles. The molecule has 1 aliphatic rings. The van der Waals surface area contributed by atoms with E-state index in [2.05, 4.69) is 54.2 Å². The largest absolute Gasteiger partial charge is 0.370 e. The van der Waals surface area contributed by atoms with E-state index in [0.29, 0.717) is 6.10 Å². The van der Waals surface area contributed by atoms with Crippen molar-refractivity contribution in [3.05, 3.63) is 36.0 Å². The van der Waals surface area contributed by atoms with Crippen LogP contribution in [0.4, 0.5) is 0 Å². The van der Waals surface area contributed by atoms with Gasteiger partial charge in [0.25, 0.3) is 0 Å². The molecule has 0 amide bonds. The molecule has 3 nitrogen and oxygen atoms in total. The van der Waals surface area contributed by atoms with E-state index in [4.69, 9.17) is 4.74 Å². The number of hydrogen-bond donors (Lipinski definition) is 1. The number of para-hydroxylation sites is 1. The smallest absolute Gasteiger partial charge is 0.0762 e. The highest BCUT2D eigenvalue weighted by Gasteiger charge is 2.31. The maximum atomic E-state index is 6.13. The van der Waals surface area contributed by atoms with Gasteiger partial charge in [0.1, 0.15) is 0 Å². The van der Waals surface area contributed by atoms with Gasteiger partial charge in [-0.1, -0.05) is 18.2 Å². The summed E-state index contributed by atoms with van der Waals surface area (Å²) in [7, 11) is 1.99. The summed E-state index contributed by atoms with van der Waals surface area (Å²) in [6.45, 7) is 6.23. The van der Waals surface area contributed by atoms with Gasteiger partial charge in [-0.25, -0.2) is 0 Å². The van der Waals surface area contributed by atoms with Gasteiger partial charge in [-0.2, -0.15) is 0 Å². The molecule has 1 aromatic heterocycles. The molecule has 1 aliphatic heterocycles. The topological polar surface area (TPSA) is 26.2 Å². The first-order valence-electron chi connectivity index (χ1n) is 7.48. The summed E-state index contributed by atoms with van der Waals surface area (Å²) in [5, 5.41) is 4.57. The van der Waals surface area contributed by atoms with Crippen molar-refractivity contribution >= 4 is 10.9 Å². The molecule has 1 aromatic carbocycles. The third-order valence-corrected chi connectivity index (χ3v) is 4.19. The van der Waals surface area contributed by atoms with Crippen LogP contribution in [0, 0.1) is 0 Å².